The van der Waals surface area contributed by atoms with Gasteiger partial charge in [0.15, 0.2) is 0 Å². The van der Waals surface area contributed by atoms with Crippen molar-refractivity contribution in [1.29, 1.82) is 0 Å². The summed E-state index contributed by atoms with van der Waals surface area (Å²) in [5, 5.41) is 0.622. The molecule has 0 fully saturated rings. The summed E-state index contributed by atoms with van der Waals surface area (Å²) < 4.78 is 23.9. The average Bonchev–Trinajstić information content (AvgIpc) is 2.52. The van der Waals surface area contributed by atoms with Gasteiger partial charge in [0, 0.05) is 4.47 Å². The smallest absolute Gasteiger partial charge is 0.305 e. The highest BCUT2D eigenvalue weighted by atomic mass is 79.9. The Morgan fingerprint density at radius 3 is 1.57 bits per heavy atom. The van der Waals surface area contributed by atoms with Gasteiger partial charge in [-0.25, -0.2) is 0 Å². The quantitative estimate of drug-likeness (QED) is 0.610. The normalized spacial score (nSPS) is 10.8. The maximum absolute atomic E-state index is 12.3. The first-order valence-electron chi connectivity index (χ1n) is 7.59. The maximum atomic E-state index is 12.3. The van der Waals surface area contributed by atoms with Crippen LogP contribution >= 0.6 is 23.5 Å². The highest BCUT2D eigenvalue weighted by Crippen LogP contribution is 2.46. The molecule has 0 atom stereocenters. The molecule has 0 heterocycles. The molecule has 0 amide bonds. The SMILES string of the molecule is CCOP(=O)(OCC)c1ccc(C)cc1.Cc1ccc(Br)cc1. The molecule has 0 radical (unpaired) electrons. The summed E-state index contributed by atoms with van der Waals surface area (Å²) in [7, 11) is -3.09. The van der Waals surface area contributed by atoms with E-state index >= 15 is 0 Å². The molecule has 0 spiro atoms. The Morgan fingerprint density at radius 1 is 0.826 bits per heavy atom. The van der Waals surface area contributed by atoms with Gasteiger partial charge in [-0.2, -0.15) is 0 Å². The minimum atomic E-state index is -3.09. The summed E-state index contributed by atoms with van der Waals surface area (Å²) in [4.78, 5) is 0. The van der Waals surface area contributed by atoms with Crippen molar-refractivity contribution in [3.8, 4) is 0 Å². The molecular formula is C18H24BrO3P. The van der Waals surface area contributed by atoms with Crippen LogP contribution in [0.3, 0.4) is 0 Å². The summed E-state index contributed by atoms with van der Waals surface area (Å²) in [6, 6.07) is 15.6. The molecule has 0 aliphatic carbocycles. The van der Waals surface area contributed by atoms with E-state index in [1.165, 1.54) is 5.56 Å². The van der Waals surface area contributed by atoms with E-state index in [4.69, 9.17) is 9.05 Å². The Bertz CT molecular complexity index is 593. The van der Waals surface area contributed by atoms with Gasteiger partial charge in [0.2, 0.25) is 0 Å². The Hall–Kier alpha value is -0.930. The summed E-state index contributed by atoms with van der Waals surface area (Å²) in [5.41, 5.74) is 2.42. The molecule has 3 nitrogen and oxygen atoms in total. The van der Waals surface area contributed by atoms with Crippen LogP contribution in [-0.4, -0.2) is 13.2 Å². The third kappa shape index (κ3) is 7.01. The number of halogens is 1. The molecule has 126 valence electrons. The van der Waals surface area contributed by atoms with Crippen molar-refractivity contribution >= 4 is 28.8 Å². The van der Waals surface area contributed by atoms with Crippen molar-refractivity contribution in [2.75, 3.05) is 13.2 Å². The van der Waals surface area contributed by atoms with Crippen LogP contribution in [0.25, 0.3) is 0 Å². The summed E-state index contributed by atoms with van der Waals surface area (Å²) in [6.07, 6.45) is 0. The van der Waals surface area contributed by atoms with Crippen LogP contribution in [0.1, 0.15) is 25.0 Å². The lowest BCUT2D eigenvalue weighted by Gasteiger charge is -2.16. The molecule has 0 saturated carbocycles. The fourth-order valence-corrected chi connectivity index (χ4v) is 3.62. The van der Waals surface area contributed by atoms with E-state index < -0.39 is 7.60 Å². The lowest BCUT2D eigenvalue weighted by molar-refractivity contribution is 0.230. The van der Waals surface area contributed by atoms with Crippen LogP contribution < -0.4 is 5.30 Å². The van der Waals surface area contributed by atoms with Crippen molar-refractivity contribution in [3.05, 3.63) is 64.1 Å². The first kappa shape index (κ1) is 20.1. The second-order valence-corrected chi connectivity index (χ2v) is 7.91. The van der Waals surface area contributed by atoms with Crippen molar-refractivity contribution in [2.45, 2.75) is 27.7 Å². The summed E-state index contributed by atoms with van der Waals surface area (Å²) in [5.74, 6) is 0. The minimum absolute atomic E-state index is 0.380. The third-order valence-corrected chi connectivity index (χ3v) is 5.61. The van der Waals surface area contributed by atoms with Gasteiger partial charge in [-0.15, -0.1) is 0 Å². The zero-order chi connectivity index (χ0) is 17.3. The molecule has 5 heteroatoms. The maximum Gasteiger partial charge on any atom is 0.361 e. The predicted molar refractivity (Wildman–Crippen MR) is 101 cm³/mol. The number of benzene rings is 2. The average molecular weight is 399 g/mol. The van der Waals surface area contributed by atoms with E-state index in [0.717, 1.165) is 10.0 Å². The van der Waals surface area contributed by atoms with Gasteiger partial charge in [0.25, 0.3) is 0 Å². The number of hydrogen-bond donors (Lipinski definition) is 0. The minimum Gasteiger partial charge on any atom is -0.305 e. The largest absolute Gasteiger partial charge is 0.361 e. The van der Waals surface area contributed by atoms with E-state index in [1.54, 1.807) is 26.0 Å². The lowest BCUT2D eigenvalue weighted by atomic mass is 10.2. The van der Waals surface area contributed by atoms with Gasteiger partial charge >= 0.3 is 7.60 Å². The van der Waals surface area contributed by atoms with Gasteiger partial charge in [-0.1, -0.05) is 51.3 Å². The van der Waals surface area contributed by atoms with Crippen molar-refractivity contribution in [3.63, 3.8) is 0 Å². The molecule has 0 aliphatic heterocycles. The zero-order valence-electron chi connectivity index (χ0n) is 14.1. The van der Waals surface area contributed by atoms with Crippen LogP contribution in [0.15, 0.2) is 53.0 Å². The second kappa shape index (κ2) is 10.0. The van der Waals surface area contributed by atoms with E-state index in [9.17, 15) is 4.57 Å². The third-order valence-electron chi connectivity index (χ3n) is 2.96. The van der Waals surface area contributed by atoms with Crippen molar-refractivity contribution in [1.82, 2.24) is 0 Å². The topological polar surface area (TPSA) is 35.5 Å². The van der Waals surface area contributed by atoms with E-state index in [-0.39, 0.29) is 0 Å². The Morgan fingerprint density at radius 2 is 1.22 bits per heavy atom. The van der Waals surface area contributed by atoms with Crippen LogP contribution in [0.2, 0.25) is 0 Å². The lowest BCUT2D eigenvalue weighted by Crippen LogP contribution is -2.10. The van der Waals surface area contributed by atoms with Gasteiger partial charge in [-0.05, 0) is 52.0 Å². The molecule has 0 aromatic heterocycles. The van der Waals surface area contributed by atoms with Crippen LogP contribution in [0.5, 0.6) is 0 Å². The van der Waals surface area contributed by atoms with Gasteiger partial charge in [-0.3, -0.25) is 4.57 Å². The molecular weight excluding hydrogens is 375 g/mol. The zero-order valence-corrected chi connectivity index (χ0v) is 16.6. The van der Waals surface area contributed by atoms with E-state index in [2.05, 4.69) is 35.0 Å². The van der Waals surface area contributed by atoms with Crippen molar-refractivity contribution in [2.24, 2.45) is 0 Å². The number of aryl methyl sites for hydroxylation is 2. The summed E-state index contributed by atoms with van der Waals surface area (Å²) >= 11 is 3.35. The fraction of sp³-hybridized carbons (Fsp3) is 0.333. The number of rotatable bonds is 5. The molecule has 23 heavy (non-hydrogen) atoms. The Kier molecular flexibility index (Phi) is 8.78. The molecule has 2 aromatic carbocycles. The Balaban J connectivity index is 0.000000277. The predicted octanol–water partition coefficient (Wildman–Crippen LogP) is 5.64. The van der Waals surface area contributed by atoms with Crippen LogP contribution in [0, 0.1) is 13.8 Å². The highest BCUT2D eigenvalue weighted by Gasteiger charge is 2.25. The first-order chi connectivity index (χ1) is 10.9. The second-order valence-electron chi connectivity index (χ2n) is 4.96. The molecule has 0 saturated heterocycles. The molecule has 0 aliphatic rings. The van der Waals surface area contributed by atoms with E-state index in [1.807, 2.05) is 31.2 Å². The molecule has 0 unspecified atom stereocenters. The molecule has 2 aromatic rings. The van der Waals surface area contributed by atoms with Crippen LogP contribution in [0.4, 0.5) is 0 Å². The molecule has 2 rings (SSSR count). The fourth-order valence-electron chi connectivity index (χ4n) is 1.79. The standard InChI is InChI=1S/C11H17O3P.C7H7Br/c1-4-13-15(12,14-5-2)11-8-6-10(3)7-9-11;1-6-2-4-7(8)5-3-6/h6-9H,4-5H2,1-3H3;2-5H,1H3. The monoisotopic (exact) mass is 398 g/mol. The van der Waals surface area contributed by atoms with Gasteiger partial charge in [0.1, 0.15) is 0 Å². The van der Waals surface area contributed by atoms with Gasteiger partial charge < -0.3 is 9.05 Å². The van der Waals surface area contributed by atoms with E-state index in [0.29, 0.717) is 18.5 Å². The first-order valence-corrected chi connectivity index (χ1v) is 9.93. The summed E-state index contributed by atoms with van der Waals surface area (Å²) in [6.45, 7) is 8.43. The Labute approximate surface area is 147 Å². The molecule has 0 bridgehead atoms. The van der Waals surface area contributed by atoms with Gasteiger partial charge in [0.05, 0.1) is 18.5 Å². The highest BCUT2D eigenvalue weighted by molar-refractivity contribution is 9.10. The number of hydrogen-bond acceptors (Lipinski definition) is 3. The van der Waals surface area contributed by atoms with Crippen molar-refractivity contribution < 1.29 is 13.6 Å². The van der Waals surface area contributed by atoms with Crippen LogP contribution in [-0.2, 0) is 13.6 Å². The molecule has 0 N–H and O–H groups in total.